The molecule has 0 amide bonds. The first-order valence-electron chi connectivity index (χ1n) is 11.1. The van der Waals surface area contributed by atoms with Crippen LogP contribution in [-0.4, -0.2) is 23.9 Å². The van der Waals surface area contributed by atoms with Crippen molar-refractivity contribution >= 4 is 0 Å². The summed E-state index contributed by atoms with van der Waals surface area (Å²) in [4.78, 5) is 0. The highest BCUT2D eigenvalue weighted by molar-refractivity contribution is 5.42. The first-order chi connectivity index (χ1) is 14.3. The van der Waals surface area contributed by atoms with Crippen LogP contribution in [0.5, 0.6) is 11.5 Å². The number of phenols is 1. The minimum Gasteiger partial charge on any atom is -0.508 e. The molecular weight excluding hydrogens is 376 g/mol. The fraction of sp³-hybridized carbons (Fsp3) is 0.538. The Kier molecular flexibility index (Phi) is 7.17. The number of allylic oxidation sites excluding steroid dienone is 4. The van der Waals surface area contributed by atoms with Crippen molar-refractivity contribution in [3.8, 4) is 11.5 Å². The summed E-state index contributed by atoms with van der Waals surface area (Å²) in [5.41, 5.74) is 1.92. The summed E-state index contributed by atoms with van der Waals surface area (Å²) < 4.78 is 18.1. The first kappa shape index (κ1) is 22.3. The normalized spacial score (nSPS) is 25.0. The Morgan fingerprint density at radius 3 is 2.73 bits per heavy atom. The number of rotatable bonds is 6. The van der Waals surface area contributed by atoms with E-state index in [-0.39, 0.29) is 17.3 Å². The van der Waals surface area contributed by atoms with Crippen LogP contribution in [0.3, 0.4) is 0 Å². The third-order valence-corrected chi connectivity index (χ3v) is 5.85. The zero-order valence-corrected chi connectivity index (χ0v) is 18.9. The van der Waals surface area contributed by atoms with E-state index in [0.29, 0.717) is 19.1 Å². The van der Waals surface area contributed by atoms with Gasteiger partial charge in [0.25, 0.3) is 0 Å². The molecule has 4 heteroatoms. The highest BCUT2D eigenvalue weighted by atomic mass is 16.5. The van der Waals surface area contributed by atoms with E-state index in [4.69, 9.17) is 14.2 Å². The molecule has 0 aliphatic carbocycles. The molecule has 0 aromatic heterocycles. The number of phenolic OH excluding ortho intramolecular Hbond substituents is 1. The highest BCUT2D eigenvalue weighted by Gasteiger charge is 2.32. The van der Waals surface area contributed by atoms with Crippen LogP contribution in [0, 0.1) is 5.92 Å². The van der Waals surface area contributed by atoms with Gasteiger partial charge in [-0.25, -0.2) is 0 Å². The number of aromatic hydroxyl groups is 1. The molecule has 164 valence electrons. The molecule has 0 bridgehead atoms. The lowest BCUT2D eigenvalue weighted by Crippen LogP contribution is -2.30. The van der Waals surface area contributed by atoms with Crippen molar-refractivity contribution in [3.63, 3.8) is 0 Å². The molecule has 30 heavy (non-hydrogen) atoms. The highest BCUT2D eigenvalue weighted by Crippen LogP contribution is 2.41. The Bertz CT molecular complexity index is 806. The van der Waals surface area contributed by atoms with Gasteiger partial charge < -0.3 is 19.3 Å². The van der Waals surface area contributed by atoms with E-state index in [1.54, 1.807) is 12.1 Å². The standard InChI is InChI=1S/C26H36O4/c1-6-7-25-22(12-14-26(4,5)30-25)24-11-8-19(17-29-24)21-10-9-20(16-23(21)27)28-15-13-18(2)3/h6-7,9-10,16,18-19,27H,1,8,11-15,17H2,2-5H3/b24-22+,25-7+/t19-/m1/s1. The Morgan fingerprint density at radius 2 is 2.10 bits per heavy atom. The topological polar surface area (TPSA) is 47.9 Å². The van der Waals surface area contributed by atoms with E-state index in [0.717, 1.165) is 60.5 Å². The zero-order valence-electron chi connectivity index (χ0n) is 18.9. The molecule has 2 saturated heterocycles. The van der Waals surface area contributed by atoms with Crippen LogP contribution in [0.1, 0.15) is 71.3 Å². The predicted octanol–water partition coefficient (Wildman–Crippen LogP) is 6.62. The fourth-order valence-corrected chi connectivity index (χ4v) is 3.99. The third-order valence-electron chi connectivity index (χ3n) is 5.85. The second-order valence-electron chi connectivity index (χ2n) is 9.33. The van der Waals surface area contributed by atoms with E-state index in [9.17, 15) is 5.11 Å². The minimum atomic E-state index is -0.166. The van der Waals surface area contributed by atoms with Crippen LogP contribution in [-0.2, 0) is 9.47 Å². The van der Waals surface area contributed by atoms with Crippen molar-refractivity contribution in [1.82, 2.24) is 0 Å². The summed E-state index contributed by atoms with van der Waals surface area (Å²) in [7, 11) is 0. The van der Waals surface area contributed by atoms with Gasteiger partial charge in [0.2, 0.25) is 0 Å². The summed E-state index contributed by atoms with van der Waals surface area (Å²) in [6, 6.07) is 5.65. The largest absolute Gasteiger partial charge is 0.508 e. The van der Waals surface area contributed by atoms with Gasteiger partial charge in [0.05, 0.1) is 13.2 Å². The van der Waals surface area contributed by atoms with E-state index < -0.39 is 0 Å². The minimum absolute atomic E-state index is 0.166. The molecule has 0 radical (unpaired) electrons. The Morgan fingerprint density at radius 1 is 1.30 bits per heavy atom. The van der Waals surface area contributed by atoms with Crippen LogP contribution >= 0.6 is 0 Å². The molecule has 3 rings (SSSR count). The lowest BCUT2D eigenvalue weighted by molar-refractivity contribution is 0.0116. The van der Waals surface area contributed by atoms with Crippen molar-refractivity contribution in [2.24, 2.45) is 5.92 Å². The Hall–Kier alpha value is -2.36. The lowest BCUT2D eigenvalue weighted by atomic mass is 9.88. The van der Waals surface area contributed by atoms with Crippen LogP contribution in [0.4, 0.5) is 0 Å². The Labute approximate surface area is 181 Å². The summed E-state index contributed by atoms with van der Waals surface area (Å²) in [6.07, 6.45) is 8.38. The SMILES string of the molecule is C=C/C=C1/OC(C)(C)CC/C1=C1/CC[C@@H](c2ccc(OCCC(C)C)cc2O)CO1. The molecule has 0 saturated carbocycles. The maximum absolute atomic E-state index is 10.5. The number of hydrogen-bond acceptors (Lipinski definition) is 4. The van der Waals surface area contributed by atoms with E-state index in [2.05, 4.69) is 34.3 Å². The molecule has 2 aliphatic rings. The molecule has 0 unspecified atom stereocenters. The average molecular weight is 413 g/mol. The molecule has 1 aromatic rings. The number of ether oxygens (including phenoxy) is 3. The van der Waals surface area contributed by atoms with Gasteiger partial charge in [0.15, 0.2) is 0 Å². The lowest BCUT2D eigenvalue weighted by Gasteiger charge is -2.36. The third kappa shape index (κ3) is 5.62. The van der Waals surface area contributed by atoms with Crippen molar-refractivity contribution in [3.05, 3.63) is 59.6 Å². The molecule has 4 nitrogen and oxygen atoms in total. The van der Waals surface area contributed by atoms with Gasteiger partial charge in [-0.2, -0.15) is 0 Å². The molecule has 1 atom stereocenters. The van der Waals surface area contributed by atoms with Crippen molar-refractivity contribution < 1.29 is 19.3 Å². The van der Waals surface area contributed by atoms with Gasteiger partial charge in [-0.15, -0.1) is 0 Å². The maximum Gasteiger partial charge on any atom is 0.126 e. The van der Waals surface area contributed by atoms with Gasteiger partial charge >= 0.3 is 0 Å². The van der Waals surface area contributed by atoms with Crippen LogP contribution in [0.25, 0.3) is 0 Å². The van der Waals surface area contributed by atoms with Gasteiger partial charge in [-0.05, 0) is 57.6 Å². The van der Waals surface area contributed by atoms with Crippen molar-refractivity contribution in [2.75, 3.05) is 13.2 Å². The van der Waals surface area contributed by atoms with Crippen LogP contribution < -0.4 is 4.74 Å². The maximum atomic E-state index is 10.5. The molecule has 0 spiro atoms. The molecule has 1 aromatic carbocycles. The first-order valence-corrected chi connectivity index (χ1v) is 11.1. The summed E-state index contributed by atoms with van der Waals surface area (Å²) in [5, 5.41) is 10.5. The summed E-state index contributed by atoms with van der Waals surface area (Å²) in [5.74, 6) is 3.67. The molecule has 1 N–H and O–H groups in total. The molecule has 2 aliphatic heterocycles. The second-order valence-corrected chi connectivity index (χ2v) is 9.33. The molecule has 2 heterocycles. The van der Waals surface area contributed by atoms with Crippen molar-refractivity contribution in [2.45, 2.75) is 71.3 Å². The smallest absolute Gasteiger partial charge is 0.126 e. The average Bonchev–Trinajstić information content (AvgIpc) is 2.68. The van der Waals surface area contributed by atoms with Gasteiger partial charge in [0.1, 0.15) is 28.6 Å². The molecular formula is C26H36O4. The summed E-state index contributed by atoms with van der Waals surface area (Å²) in [6.45, 7) is 13.6. The zero-order chi connectivity index (χ0) is 21.7. The second kappa shape index (κ2) is 9.63. The van der Waals surface area contributed by atoms with Crippen molar-refractivity contribution in [1.29, 1.82) is 0 Å². The van der Waals surface area contributed by atoms with Crippen LogP contribution in [0.2, 0.25) is 0 Å². The quantitative estimate of drug-likeness (QED) is 0.570. The monoisotopic (exact) mass is 412 g/mol. The fourth-order valence-electron chi connectivity index (χ4n) is 3.99. The number of benzene rings is 1. The van der Waals surface area contributed by atoms with Gasteiger partial charge in [-0.1, -0.05) is 32.6 Å². The van der Waals surface area contributed by atoms with Crippen LogP contribution in [0.15, 0.2) is 54.0 Å². The molecule has 2 fully saturated rings. The van der Waals surface area contributed by atoms with Gasteiger partial charge in [-0.3, -0.25) is 0 Å². The van der Waals surface area contributed by atoms with Gasteiger partial charge in [0, 0.05) is 29.5 Å². The van der Waals surface area contributed by atoms with E-state index >= 15 is 0 Å². The van der Waals surface area contributed by atoms with E-state index in [1.807, 2.05) is 18.2 Å². The summed E-state index contributed by atoms with van der Waals surface area (Å²) >= 11 is 0. The number of hydrogen-bond donors (Lipinski definition) is 1. The predicted molar refractivity (Wildman–Crippen MR) is 121 cm³/mol. The Balaban J connectivity index is 1.66. The van der Waals surface area contributed by atoms with E-state index in [1.165, 1.54) is 0 Å².